The molecule has 5 aromatic heterocycles. The first-order valence-electron chi connectivity index (χ1n) is 19.5. The molecule has 0 aliphatic heterocycles. The lowest BCUT2D eigenvalue weighted by Gasteiger charge is -2.15. The van der Waals surface area contributed by atoms with Crippen LogP contribution in [0.2, 0.25) is 0 Å². The van der Waals surface area contributed by atoms with E-state index in [2.05, 4.69) is 132 Å². The summed E-state index contributed by atoms with van der Waals surface area (Å²) in [5.41, 5.74) is 11.3. The van der Waals surface area contributed by atoms with Gasteiger partial charge in [0.1, 0.15) is 39.1 Å². The molecule has 0 amide bonds. The molecular weight excluding hydrogens is 715 g/mol. The van der Waals surface area contributed by atoms with Crippen molar-refractivity contribution in [2.75, 3.05) is 0 Å². The Hall–Kier alpha value is -7.96. The Kier molecular flexibility index (Phi) is 5.68. The second-order valence-electron chi connectivity index (χ2n) is 15.2. The quantitative estimate of drug-likeness (QED) is 0.180. The molecule has 0 saturated heterocycles. The highest BCUT2D eigenvalue weighted by molar-refractivity contribution is 6.34. The van der Waals surface area contributed by atoms with Gasteiger partial charge in [0.15, 0.2) is 11.4 Å². The van der Waals surface area contributed by atoms with Crippen molar-refractivity contribution in [1.82, 2.24) is 14.5 Å². The molecule has 6 nitrogen and oxygen atoms in total. The molecule has 9 aromatic carbocycles. The van der Waals surface area contributed by atoms with Crippen molar-refractivity contribution in [2.24, 2.45) is 0 Å². The number of nitrogens with zero attached hydrogens (tertiary/aromatic N) is 3. The van der Waals surface area contributed by atoms with Crippen LogP contribution in [0.25, 0.3) is 138 Å². The molecule has 0 aliphatic carbocycles. The Morgan fingerprint density at radius 1 is 0.362 bits per heavy atom. The van der Waals surface area contributed by atoms with Crippen molar-refractivity contribution in [3.63, 3.8) is 0 Å². The first-order valence-corrected chi connectivity index (χ1v) is 19.5. The fourth-order valence-electron chi connectivity index (χ4n) is 9.73. The monoisotopic (exact) mass is 741 g/mol. The van der Waals surface area contributed by atoms with E-state index in [9.17, 15) is 0 Å². The summed E-state index contributed by atoms with van der Waals surface area (Å²) in [6, 6.07) is 57.1. The molecule has 0 bridgehead atoms. The summed E-state index contributed by atoms with van der Waals surface area (Å²) >= 11 is 0. The Bertz CT molecular complexity index is 3950. The van der Waals surface area contributed by atoms with E-state index in [0.717, 1.165) is 110 Å². The number of para-hydroxylation sites is 3. The normalized spacial score (nSPS) is 12.5. The fraction of sp³-hybridized carbons (Fsp3) is 0. The van der Waals surface area contributed by atoms with E-state index in [4.69, 9.17) is 23.2 Å². The van der Waals surface area contributed by atoms with Crippen molar-refractivity contribution < 1.29 is 13.3 Å². The Balaban J connectivity index is 1.07. The van der Waals surface area contributed by atoms with Crippen LogP contribution in [0.5, 0.6) is 0 Å². The van der Waals surface area contributed by atoms with Gasteiger partial charge < -0.3 is 17.8 Å². The average molecular weight is 742 g/mol. The second-order valence-corrected chi connectivity index (χ2v) is 15.2. The van der Waals surface area contributed by atoms with E-state index in [-0.39, 0.29) is 0 Å². The van der Waals surface area contributed by atoms with Crippen LogP contribution in [0.15, 0.2) is 177 Å². The van der Waals surface area contributed by atoms with E-state index in [0.29, 0.717) is 17.1 Å². The molecule has 14 aromatic rings. The SMILES string of the molecule is c1ccc2c(c1)oc1c(-c3nc(-c4ccc(-n5c6ccc7cccc8oc9cccc%10ccc5c(c%109)c6c78)c5ccccc45)nc4c3oc3ccccc34)cccc12. The highest BCUT2D eigenvalue weighted by Crippen LogP contribution is 2.47. The van der Waals surface area contributed by atoms with Gasteiger partial charge in [-0.25, -0.2) is 9.97 Å². The zero-order valence-corrected chi connectivity index (χ0v) is 30.7. The minimum Gasteiger partial charge on any atom is -0.456 e. The first-order chi connectivity index (χ1) is 28.8. The lowest BCUT2D eigenvalue weighted by Crippen LogP contribution is -1.99. The maximum atomic E-state index is 6.69. The summed E-state index contributed by atoms with van der Waals surface area (Å²) in [6.07, 6.45) is 0. The van der Waals surface area contributed by atoms with Crippen LogP contribution in [0.4, 0.5) is 0 Å². The van der Waals surface area contributed by atoms with Crippen LogP contribution in [0.3, 0.4) is 0 Å². The zero-order valence-electron chi connectivity index (χ0n) is 30.7. The largest absolute Gasteiger partial charge is 0.456 e. The van der Waals surface area contributed by atoms with Gasteiger partial charge in [-0.1, -0.05) is 103 Å². The molecule has 5 heterocycles. The fourth-order valence-corrected chi connectivity index (χ4v) is 9.73. The Morgan fingerprint density at radius 3 is 1.69 bits per heavy atom. The lowest BCUT2D eigenvalue weighted by molar-refractivity contribution is 0.663. The van der Waals surface area contributed by atoms with Crippen molar-refractivity contribution >= 4 is 109 Å². The summed E-state index contributed by atoms with van der Waals surface area (Å²) in [4.78, 5) is 10.7. The number of hydrogen-bond acceptors (Lipinski definition) is 5. The summed E-state index contributed by atoms with van der Waals surface area (Å²) in [5, 5.41) is 12.2. The number of fused-ring (bicyclic) bond motifs is 7. The molecule has 0 atom stereocenters. The molecule has 0 aliphatic rings. The van der Waals surface area contributed by atoms with E-state index >= 15 is 0 Å². The van der Waals surface area contributed by atoms with Crippen LogP contribution < -0.4 is 0 Å². The lowest BCUT2D eigenvalue weighted by atomic mass is 10.00. The average Bonchev–Trinajstić information content (AvgIpc) is 3.92. The van der Waals surface area contributed by atoms with Gasteiger partial charge in [-0.2, -0.15) is 0 Å². The van der Waals surface area contributed by atoms with Crippen molar-refractivity contribution in [3.8, 4) is 28.3 Å². The third-order valence-corrected chi connectivity index (χ3v) is 12.2. The van der Waals surface area contributed by atoms with Gasteiger partial charge in [0.05, 0.1) is 16.7 Å². The summed E-state index contributed by atoms with van der Waals surface area (Å²) in [6.45, 7) is 0. The molecule has 6 heteroatoms. The van der Waals surface area contributed by atoms with Gasteiger partial charge in [-0.3, -0.25) is 0 Å². The molecule has 268 valence electrons. The van der Waals surface area contributed by atoms with Crippen molar-refractivity contribution in [2.45, 2.75) is 0 Å². The second kappa shape index (κ2) is 10.9. The zero-order chi connectivity index (χ0) is 37.6. The molecule has 0 fully saturated rings. The van der Waals surface area contributed by atoms with Gasteiger partial charge in [-0.15, -0.1) is 0 Å². The Morgan fingerprint density at radius 2 is 0.948 bits per heavy atom. The molecule has 58 heavy (non-hydrogen) atoms. The van der Waals surface area contributed by atoms with Gasteiger partial charge >= 0.3 is 0 Å². The minimum atomic E-state index is 0.616. The van der Waals surface area contributed by atoms with Gasteiger partial charge in [-0.05, 0) is 76.8 Å². The molecule has 0 spiro atoms. The van der Waals surface area contributed by atoms with Crippen LogP contribution >= 0.6 is 0 Å². The van der Waals surface area contributed by atoms with E-state index < -0.39 is 0 Å². The third kappa shape index (κ3) is 3.86. The van der Waals surface area contributed by atoms with E-state index in [1.807, 2.05) is 36.4 Å². The van der Waals surface area contributed by atoms with Crippen LogP contribution in [0.1, 0.15) is 0 Å². The van der Waals surface area contributed by atoms with Crippen LogP contribution in [0, 0.1) is 0 Å². The number of rotatable bonds is 3. The van der Waals surface area contributed by atoms with Gasteiger partial charge in [0.2, 0.25) is 0 Å². The van der Waals surface area contributed by atoms with E-state index in [1.165, 1.54) is 10.8 Å². The molecule has 0 saturated carbocycles. The number of hydrogen-bond donors (Lipinski definition) is 0. The topological polar surface area (TPSA) is 70.1 Å². The maximum absolute atomic E-state index is 6.69. The predicted octanol–water partition coefficient (Wildman–Crippen LogP) is 14.4. The predicted molar refractivity (Wildman–Crippen MR) is 235 cm³/mol. The number of furan rings is 2. The first kappa shape index (κ1) is 30.3. The molecule has 0 N–H and O–H groups in total. The molecule has 0 radical (unpaired) electrons. The highest BCUT2D eigenvalue weighted by Gasteiger charge is 2.25. The summed E-state index contributed by atoms with van der Waals surface area (Å²) in [7, 11) is 0. The van der Waals surface area contributed by atoms with Crippen LogP contribution in [-0.4, -0.2) is 14.5 Å². The van der Waals surface area contributed by atoms with E-state index in [1.54, 1.807) is 0 Å². The molecule has 14 rings (SSSR count). The van der Waals surface area contributed by atoms with Crippen LogP contribution in [-0.2, 0) is 0 Å². The van der Waals surface area contributed by atoms with Crippen molar-refractivity contribution in [3.05, 3.63) is 164 Å². The standard InChI is InChI=1S/C52H27N3O3/c1-2-13-31-30(12-1)34(24-27-37(31)55-38-25-22-28-10-7-20-42-44(28)46(38)47-39(55)26-23-29-11-8-21-43(56-42)45(29)47)52-53-48-35-15-4-6-19-41(35)58-51(48)49(54-52)36-17-9-16-33-32-14-3-5-18-40(32)57-50(33)36/h1-27H. The summed E-state index contributed by atoms with van der Waals surface area (Å²) < 4.78 is 22.3. The van der Waals surface area contributed by atoms with Gasteiger partial charge in [0.25, 0.3) is 0 Å². The molecular formula is C52H27N3O3. The maximum Gasteiger partial charge on any atom is 0.180 e. The smallest absolute Gasteiger partial charge is 0.180 e. The third-order valence-electron chi connectivity index (χ3n) is 12.2. The van der Waals surface area contributed by atoms with Gasteiger partial charge in [0, 0.05) is 54.2 Å². The minimum absolute atomic E-state index is 0.616. The molecule has 0 unspecified atom stereocenters. The highest BCUT2D eigenvalue weighted by atomic mass is 16.3. The number of aromatic nitrogens is 3. The summed E-state index contributed by atoms with van der Waals surface area (Å²) in [5.74, 6) is 0.616. The Labute approximate surface area is 328 Å². The van der Waals surface area contributed by atoms with Crippen molar-refractivity contribution in [1.29, 1.82) is 0 Å². The number of benzene rings is 9.